The highest BCUT2D eigenvalue weighted by atomic mass is 35.5. The molecule has 74 valence electrons. The van der Waals surface area contributed by atoms with Gasteiger partial charge in [-0.15, -0.1) is 0 Å². The third kappa shape index (κ3) is 3.26. The van der Waals surface area contributed by atoms with Crippen LogP contribution in [0, 0.1) is 0 Å². The van der Waals surface area contributed by atoms with E-state index in [1.54, 1.807) is 6.07 Å². The number of aromatic nitrogens is 1. The second kappa shape index (κ2) is 4.86. The summed E-state index contributed by atoms with van der Waals surface area (Å²) < 4.78 is 0. The Morgan fingerprint density at radius 2 is 2.14 bits per heavy atom. The van der Waals surface area contributed by atoms with Crippen molar-refractivity contribution in [3.63, 3.8) is 0 Å². The first-order valence-electron chi connectivity index (χ1n) is 4.24. The molecule has 0 aromatic carbocycles. The first-order chi connectivity index (χ1) is 6.59. The van der Waals surface area contributed by atoms with Crippen LogP contribution in [0.3, 0.4) is 0 Å². The molecule has 0 saturated carbocycles. The van der Waals surface area contributed by atoms with E-state index in [-0.39, 0.29) is 24.4 Å². The molecule has 1 aromatic heterocycles. The number of carbonyl (C=O) groups excluding carboxylic acids is 2. The number of nitrogens with zero attached hydrogens (tertiary/aromatic N) is 1. The van der Waals surface area contributed by atoms with Crippen LogP contribution in [0.15, 0.2) is 18.3 Å². The highest BCUT2D eigenvalue weighted by Crippen LogP contribution is 2.10. The fourth-order valence-electron chi connectivity index (χ4n) is 1.01. The zero-order valence-electron chi connectivity index (χ0n) is 7.79. The molecule has 1 aromatic rings. The minimum absolute atomic E-state index is 0.0125. The first kappa shape index (κ1) is 10.9. The lowest BCUT2D eigenvalue weighted by Crippen LogP contribution is -2.02. The average molecular weight is 212 g/mol. The van der Waals surface area contributed by atoms with E-state index in [1.807, 2.05) is 0 Å². The molecule has 0 aliphatic heterocycles. The van der Waals surface area contributed by atoms with E-state index >= 15 is 0 Å². The Hall–Kier alpha value is -1.22. The molecule has 0 spiro atoms. The Kier molecular flexibility index (Phi) is 3.77. The summed E-state index contributed by atoms with van der Waals surface area (Å²) in [6.07, 6.45) is 1.98. The van der Waals surface area contributed by atoms with E-state index in [0.29, 0.717) is 10.7 Å². The number of hydrogen-bond donors (Lipinski definition) is 0. The van der Waals surface area contributed by atoms with Gasteiger partial charge in [-0.1, -0.05) is 11.6 Å². The summed E-state index contributed by atoms with van der Waals surface area (Å²) in [6, 6.07) is 3.10. The van der Waals surface area contributed by atoms with Crippen molar-refractivity contribution in [3.8, 4) is 0 Å². The van der Waals surface area contributed by atoms with Crippen molar-refractivity contribution in [3.05, 3.63) is 29.0 Å². The van der Waals surface area contributed by atoms with Crippen molar-refractivity contribution in [1.82, 2.24) is 4.98 Å². The SMILES string of the molecule is CC(=O)CCC(=O)c1ccnc(Cl)c1. The predicted octanol–water partition coefficient (Wildman–Crippen LogP) is 2.29. The highest BCUT2D eigenvalue weighted by Gasteiger charge is 2.07. The maximum absolute atomic E-state index is 11.5. The number of halogens is 1. The summed E-state index contributed by atoms with van der Waals surface area (Å²) in [4.78, 5) is 25.9. The smallest absolute Gasteiger partial charge is 0.163 e. The molecule has 0 unspecified atom stereocenters. The molecule has 0 N–H and O–H groups in total. The minimum atomic E-state index is -0.0792. The average Bonchev–Trinajstić information content (AvgIpc) is 2.14. The van der Waals surface area contributed by atoms with Gasteiger partial charge in [-0.05, 0) is 19.1 Å². The molecule has 0 radical (unpaired) electrons. The molecule has 1 heterocycles. The third-order valence-corrected chi connectivity index (χ3v) is 1.96. The van der Waals surface area contributed by atoms with Gasteiger partial charge < -0.3 is 4.79 Å². The Morgan fingerprint density at radius 1 is 1.43 bits per heavy atom. The summed E-state index contributed by atoms with van der Waals surface area (Å²) in [7, 11) is 0. The van der Waals surface area contributed by atoms with Gasteiger partial charge >= 0.3 is 0 Å². The molecule has 0 aliphatic carbocycles. The van der Waals surface area contributed by atoms with Gasteiger partial charge in [-0.2, -0.15) is 0 Å². The van der Waals surface area contributed by atoms with Crippen LogP contribution in [0.1, 0.15) is 30.1 Å². The monoisotopic (exact) mass is 211 g/mol. The van der Waals surface area contributed by atoms with Crippen molar-refractivity contribution < 1.29 is 9.59 Å². The molecule has 1 rings (SSSR count). The van der Waals surface area contributed by atoms with Crippen molar-refractivity contribution in [2.45, 2.75) is 19.8 Å². The van der Waals surface area contributed by atoms with Gasteiger partial charge in [-0.25, -0.2) is 4.98 Å². The Bertz CT molecular complexity index is 363. The van der Waals surface area contributed by atoms with Crippen molar-refractivity contribution >= 4 is 23.2 Å². The zero-order chi connectivity index (χ0) is 10.6. The molecule has 3 nitrogen and oxygen atoms in total. The number of hydrogen-bond acceptors (Lipinski definition) is 3. The molecule has 0 aliphatic rings. The molecule has 4 heteroatoms. The second-order valence-electron chi connectivity index (χ2n) is 2.99. The number of ketones is 2. The van der Waals surface area contributed by atoms with E-state index in [2.05, 4.69) is 4.98 Å². The van der Waals surface area contributed by atoms with E-state index in [9.17, 15) is 9.59 Å². The summed E-state index contributed by atoms with van der Waals surface area (Å²) >= 11 is 5.62. The number of carbonyl (C=O) groups is 2. The lowest BCUT2D eigenvalue weighted by Gasteiger charge is -1.98. The van der Waals surface area contributed by atoms with Crippen LogP contribution in [0.4, 0.5) is 0 Å². The van der Waals surface area contributed by atoms with Gasteiger partial charge in [0.25, 0.3) is 0 Å². The van der Waals surface area contributed by atoms with Gasteiger partial charge in [0.15, 0.2) is 5.78 Å². The van der Waals surface area contributed by atoms with Gasteiger partial charge in [0.2, 0.25) is 0 Å². The van der Waals surface area contributed by atoms with Crippen LogP contribution in [-0.2, 0) is 4.79 Å². The van der Waals surface area contributed by atoms with Crippen LogP contribution in [0.25, 0.3) is 0 Å². The van der Waals surface area contributed by atoms with Gasteiger partial charge in [0.1, 0.15) is 10.9 Å². The molecule has 0 bridgehead atoms. The normalized spacial score (nSPS) is 9.86. The molecular weight excluding hydrogens is 202 g/mol. The van der Waals surface area contributed by atoms with Gasteiger partial charge in [-0.3, -0.25) is 4.79 Å². The summed E-state index contributed by atoms with van der Waals surface area (Å²) in [6.45, 7) is 1.47. The van der Waals surface area contributed by atoms with Gasteiger partial charge in [0, 0.05) is 24.6 Å². The third-order valence-electron chi connectivity index (χ3n) is 1.75. The quantitative estimate of drug-likeness (QED) is 0.567. The number of Topliss-reactive ketones (excluding diaryl/α,β-unsaturated/α-hetero) is 2. The second-order valence-corrected chi connectivity index (χ2v) is 3.38. The lowest BCUT2D eigenvalue weighted by atomic mass is 10.1. The van der Waals surface area contributed by atoms with Crippen LogP contribution in [0.5, 0.6) is 0 Å². The van der Waals surface area contributed by atoms with E-state index in [1.165, 1.54) is 19.2 Å². The minimum Gasteiger partial charge on any atom is -0.300 e. The van der Waals surface area contributed by atoms with E-state index in [4.69, 9.17) is 11.6 Å². The van der Waals surface area contributed by atoms with Crippen molar-refractivity contribution in [2.24, 2.45) is 0 Å². The number of pyridine rings is 1. The van der Waals surface area contributed by atoms with Gasteiger partial charge in [0.05, 0.1) is 0 Å². The molecular formula is C10H10ClNO2. The molecule has 0 fully saturated rings. The maximum Gasteiger partial charge on any atom is 0.163 e. The lowest BCUT2D eigenvalue weighted by molar-refractivity contribution is -0.116. The fourth-order valence-corrected chi connectivity index (χ4v) is 1.18. The highest BCUT2D eigenvalue weighted by molar-refractivity contribution is 6.29. The zero-order valence-corrected chi connectivity index (χ0v) is 8.54. The Labute approximate surface area is 87.1 Å². The molecule has 0 saturated heterocycles. The summed E-state index contributed by atoms with van der Waals surface area (Å²) in [5.41, 5.74) is 0.506. The van der Waals surface area contributed by atoms with Crippen LogP contribution in [-0.4, -0.2) is 16.6 Å². The fraction of sp³-hybridized carbons (Fsp3) is 0.300. The Morgan fingerprint density at radius 3 is 2.71 bits per heavy atom. The Balaban J connectivity index is 2.65. The van der Waals surface area contributed by atoms with E-state index < -0.39 is 0 Å². The van der Waals surface area contributed by atoms with Crippen LogP contribution in [0.2, 0.25) is 5.15 Å². The summed E-state index contributed by atoms with van der Waals surface area (Å²) in [5.74, 6) is -0.0667. The van der Waals surface area contributed by atoms with E-state index in [0.717, 1.165) is 0 Å². The molecule has 0 amide bonds. The number of rotatable bonds is 4. The van der Waals surface area contributed by atoms with Crippen molar-refractivity contribution in [1.29, 1.82) is 0 Å². The van der Waals surface area contributed by atoms with Crippen molar-refractivity contribution in [2.75, 3.05) is 0 Å². The summed E-state index contributed by atoms with van der Waals surface area (Å²) in [5, 5.41) is 0.290. The maximum atomic E-state index is 11.5. The predicted molar refractivity (Wildman–Crippen MR) is 53.5 cm³/mol. The van der Waals surface area contributed by atoms with Crippen LogP contribution < -0.4 is 0 Å². The largest absolute Gasteiger partial charge is 0.300 e. The molecule has 14 heavy (non-hydrogen) atoms. The standard InChI is InChI=1S/C10H10ClNO2/c1-7(13)2-3-9(14)8-4-5-12-10(11)6-8/h4-6H,2-3H2,1H3. The van der Waals surface area contributed by atoms with Crippen LogP contribution >= 0.6 is 11.6 Å². The molecule has 0 atom stereocenters. The topological polar surface area (TPSA) is 47.0 Å². The first-order valence-corrected chi connectivity index (χ1v) is 4.61.